The van der Waals surface area contributed by atoms with Gasteiger partial charge in [0, 0.05) is 13.2 Å². The first kappa shape index (κ1) is 43.0. The molecule has 0 saturated carbocycles. The molecule has 0 radical (unpaired) electrons. The van der Waals surface area contributed by atoms with Crippen molar-refractivity contribution in [3.63, 3.8) is 0 Å². The summed E-state index contributed by atoms with van der Waals surface area (Å²) in [6.07, 6.45) is -27.1. The molecule has 51 heavy (non-hydrogen) atoms. The maximum Gasteiger partial charge on any atom is 0.187 e. The lowest BCUT2D eigenvalue weighted by atomic mass is 9.95. The number of rotatable bonds is 16. The summed E-state index contributed by atoms with van der Waals surface area (Å²) in [6, 6.07) is 0. The molecule has 0 aromatic carbocycles. The van der Waals surface area contributed by atoms with E-state index in [4.69, 9.17) is 42.6 Å². The van der Waals surface area contributed by atoms with E-state index >= 15 is 0 Å². The minimum Gasteiger partial charge on any atom is -0.394 e. The second-order valence-corrected chi connectivity index (χ2v) is 13.5. The van der Waals surface area contributed by atoms with Crippen molar-refractivity contribution in [3.8, 4) is 0 Å². The van der Waals surface area contributed by atoms with Gasteiger partial charge in [0.1, 0.15) is 85.5 Å². The fourth-order valence-electron chi connectivity index (χ4n) is 6.46. The Balaban J connectivity index is 1.65. The highest BCUT2D eigenvalue weighted by Gasteiger charge is 2.56. The third-order valence-electron chi connectivity index (χ3n) is 9.70. The summed E-state index contributed by atoms with van der Waals surface area (Å²) in [4.78, 5) is 0. The lowest BCUT2D eigenvalue weighted by Crippen LogP contribution is -2.68. The van der Waals surface area contributed by atoms with Gasteiger partial charge in [0.2, 0.25) is 0 Å². The smallest absolute Gasteiger partial charge is 0.187 e. The average Bonchev–Trinajstić information content (AvgIpc) is 3.11. The molecule has 4 saturated heterocycles. The molecule has 0 aromatic heterocycles. The van der Waals surface area contributed by atoms with Gasteiger partial charge in [-0.2, -0.15) is 0 Å². The molecule has 0 aliphatic carbocycles. The van der Waals surface area contributed by atoms with Crippen LogP contribution in [-0.4, -0.2) is 200 Å². The van der Waals surface area contributed by atoms with Gasteiger partial charge in [-0.3, -0.25) is 0 Å². The van der Waals surface area contributed by atoms with Gasteiger partial charge in [-0.1, -0.05) is 26.7 Å². The Labute approximate surface area is 296 Å². The summed E-state index contributed by atoms with van der Waals surface area (Å²) in [7, 11) is 0. The van der Waals surface area contributed by atoms with Crippen molar-refractivity contribution in [2.45, 2.75) is 176 Å². The molecular weight excluding hydrogens is 688 g/mol. The molecule has 19 heteroatoms. The van der Waals surface area contributed by atoms with Gasteiger partial charge in [-0.25, -0.2) is 0 Å². The van der Waals surface area contributed by atoms with Crippen molar-refractivity contribution < 1.29 is 93.7 Å². The summed E-state index contributed by atoms with van der Waals surface area (Å²) < 4.78 is 52.9. The van der Waals surface area contributed by atoms with Gasteiger partial charge in [0.15, 0.2) is 25.2 Å². The van der Waals surface area contributed by atoms with E-state index in [-0.39, 0.29) is 13.2 Å². The molecule has 20 atom stereocenters. The van der Waals surface area contributed by atoms with Crippen LogP contribution in [0.1, 0.15) is 53.4 Å². The maximum atomic E-state index is 11.3. The average molecular weight is 747 g/mol. The first-order chi connectivity index (χ1) is 24.3. The summed E-state index contributed by atoms with van der Waals surface area (Å²) in [5.74, 6) is 0. The molecule has 18 unspecified atom stereocenters. The van der Waals surface area contributed by atoms with E-state index in [1.807, 2.05) is 13.8 Å². The minimum atomic E-state index is -1.91. The Bertz CT molecular complexity index is 1010. The molecule has 0 aromatic rings. The molecular formula is C32H58O19. The zero-order chi connectivity index (χ0) is 37.6. The lowest BCUT2D eigenvalue weighted by molar-refractivity contribution is -0.400. The third kappa shape index (κ3) is 9.92. The van der Waals surface area contributed by atoms with Gasteiger partial charge in [0.05, 0.1) is 25.4 Å². The van der Waals surface area contributed by atoms with Crippen LogP contribution in [0.3, 0.4) is 0 Å². The summed E-state index contributed by atoms with van der Waals surface area (Å²) in [5.41, 5.74) is 0. The highest BCUT2D eigenvalue weighted by molar-refractivity contribution is 4.98. The topological polar surface area (TPSA) is 285 Å². The van der Waals surface area contributed by atoms with Crippen LogP contribution in [0, 0.1) is 0 Å². The summed E-state index contributed by atoms with van der Waals surface area (Å²) in [6.45, 7) is 5.54. The van der Waals surface area contributed by atoms with E-state index in [0.717, 1.165) is 12.8 Å². The molecule has 0 amide bonds. The van der Waals surface area contributed by atoms with E-state index in [1.165, 1.54) is 13.8 Å². The van der Waals surface area contributed by atoms with Crippen molar-refractivity contribution in [1.82, 2.24) is 0 Å². The Hall–Kier alpha value is -0.760. The van der Waals surface area contributed by atoms with E-state index in [2.05, 4.69) is 0 Å². The van der Waals surface area contributed by atoms with Crippen LogP contribution < -0.4 is 0 Å². The van der Waals surface area contributed by atoms with Crippen LogP contribution in [0.2, 0.25) is 0 Å². The predicted molar refractivity (Wildman–Crippen MR) is 168 cm³/mol. The highest BCUT2D eigenvalue weighted by Crippen LogP contribution is 2.36. The molecule has 0 bridgehead atoms. The van der Waals surface area contributed by atoms with Crippen molar-refractivity contribution in [2.75, 3.05) is 26.4 Å². The molecule has 4 rings (SSSR count). The van der Waals surface area contributed by atoms with Crippen LogP contribution in [0.5, 0.6) is 0 Å². The standard InChI is InChI=1S/C32H58O19/c1-5-7-9-43-26-20(38)17(35)13(3)45-30(26)50-25-23(41)29(42)47-16(12-34)24(25)49-32-28(22(40)19(37)15(11-33)48-32)51-31-27(44-10-8-6-2)21(39)18(36)14(4)46-31/h13-42H,5-12H2,1-4H3/t13?,14-,15?,16?,17?,18+,19?,20?,21?,22?,23?,24?,25?,26?,27?,28?,29?,30?,31?,32?/m0/s1. The quantitative estimate of drug-likeness (QED) is 0.0673. The third-order valence-corrected chi connectivity index (χ3v) is 9.70. The molecule has 10 N–H and O–H groups in total. The van der Waals surface area contributed by atoms with Gasteiger partial charge in [-0.05, 0) is 26.7 Å². The molecule has 4 aliphatic heterocycles. The molecule has 4 aliphatic rings. The van der Waals surface area contributed by atoms with E-state index in [0.29, 0.717) is 12.8 Å². The fourth-order valence-corrected chi connectivity index (χ4v) is 6.46. The number of hydrogen-bond acceptors (Lipinski definition) is 19. The number of aliphatic hydroxyl groups excluding tert-OH is 10. The van der Waals surface area contributed by atoms with Crippen LogP contribution >= 0.6 is 0 Å². The van der Waals surface area contributed by atoms with Gasteiger partial charge in [0.25, 0.3) is 0 Å². The highest BCUT2D eigenvalue weighted by atomic mass is 16.8. The van der Waals surface area contributed by atoms with Crippen LogP contribution in [0.15, 0.2) is 0 Å². The molecule has 19 nitrogen and oxygen atoms in total. The van der Waals surface area contributed by atoms with Crippen LogP contribution in [0.4, 0.5) is 0 Å². The maximum absolute atomic E-state index is 11.3. The van der Waals surface area contributed by atoms with E-state index in [9.17, 15) is 51.1 Å². The number of hydrogen-bond donors (Lipinski definition) is 10. The van der Waals surface area contributed by atoms with Gasteiger partial charge >= 0.3 is 0 Å². The van der Waals surface area contributed by atoms with Crippen molar-refractivity contribution in [3.05, 3.63) is 0 Å². The first-order valence-corrected chi connectivity index (χ1v) is 17.8. The minimum absolute atomic E-state index is 0.162. The normalized spacial score (nSPS) is 48.1. The van der Waals surface area contributed by atoms with E-state index < -0.39 is 136 Å². The summed E-state index contributed by atoms with van der Waals surface area (Å²) >= 11 is 0. The molecule has 0 spiro atoms. The zero-order valence-electron chi connectivity index (χ0n) is 29.4. The Morgan fingerprint density at radius 3 is 1.35 bits per heavy atom. The largest absolute Gasteiger partial charge is 0.394 e. The van der Waals surface area contributed by atoms with Crippen molar-refractivity contribution in [1.29, 1.82) is 0 Å². The van der Waals surface area contributed by atoms with Gasteiger partial charge < -0.3 is 93.7 Å². The lowest BCUT2D eigenvalue weighted by Gasteiger charge is -2.50. The SMILES string of the molecule is CCCCOC1C(OC2C(O)C(O)OC(CO)C2OC2OC(CO)C(O)C(O)C2OC2O[C@@H](C)[C@@H](O)C(O)C2OCCCC)OC(C)C(O)C1O. The first-order valence-electron chi connectivity index (χ1n) is 17.8. The second-order valence-electron chi connectivity index (χ2n) is 13.5. The molecule has 300 valence electrons. The number of unbranched alkanes of at least 4 members (excludes halogenated alkanes) is 2. The number of aliphatic hydroxyl groups is 10. The monoisotopic (exact) mass is 746 g/mol. The number of ether oxygens (including phenoxy) is 9. The van der Waals surface area contributed by atoms with Crippen LogP contribution in [-0.2, 0) is 42.6 Å². The Kier molecular flexibility index (Phi) is 16.6. The Morgan fingerprint density at radius 1 is 0.451 bits per heavy atom. The van der Waals surface area contributed by atoms with Crippen molar-refractivity contribution in [2.24, 2.45) is 0 Å². The van der Waals surface area contributed by atoms with E-state index in [1.54, 1.807) is 0 Å². The molecule has 4 fully saturated rings. The predicted octanol–water partition coefficient (Wildman–Crippen LogP) is -4.04. The van der Waals surface area contributed by atoms with Crippen molar-refractivity contribution >= 4 is 0 Å². The summed E-state index contributed by atoms with van der Waals surface area (Å²) in [5, 5.41) is 107. The van der Waals surface area contributed by atoms with Crippen LogP contribution in [0.25, 0.3) is 0 Å². The van der Waals surface area contributed by atoms with Gasteiger partial charge in [-0.15, -0.1) is 0 Å². The second kappa shape index (κ2) is 19.7. The fraction of sp³-hybridized carbons (Fsp3) is 1.00. The molecule has 4 heterocycles. The zero-order valence-corrected chi connectivity index (χ0v) is 29.4. The Morgan fingerprint density at radius 2 is 0.882 bits per heavy atom.